The molecule has 1 aromatic rings. The van der Waals surface area contributed by atoms with Crippen LogP contribution in [0.4, 0.5) is 4.39 Å². The zero-order valence-electron chi connectivity index (χ0n) is 6.71. The van der Waals surface area contributed by atoms with E-state index in [0.717, 1.165) is 0 Å². The van der Waals surface area contributed by atoms with Crippen LogP contribution in [0.5, 0.6) is 0 Å². The molecule has 0 spiro atoms. The van der Waals surface area contributed by atoms with Gasteiger partial charge in [0.05, 0.1) is 0 Å². The number of carbonyl (C=O) groups is 1. The Morgan fingerprint density at radius 1 is 1.54 bits per heavy atom. The minimum Gasteiger partial charge on any atom is -0.481 e. The summed E-state index contributed by atoms with van der Waals surface area (Å²) in [6, 6.07) is 6.74. The third-order valence-corrected chi connectivity index (χ3v) is 2.46. The van der Waals surface area contributed by atoms with E-state index in [1.807, 2.05) is 0 Å². The van der Waals surface area contributed by atoms with Gasteiger partial charge in [-0.2, -0.15) is 0 Å². The standard InChI is InChI=1S/C9H8BrFO2/c10-8-4-2-1-3-6(8)7(5-11)9(12)13/h1-4,7H,5H2,(H,12,13). The Bertz CT molecular complexity index is 314. The third kappa shape index (κ3) is 2.28. The summed E-state index contributed by atoms with van der Waals surface area (Å²) in [6.07, 6.45) is 0. The first-order valence-electron chi connectivity index (χ1n) is 3.70. The van der Waals surface area contributed by atoms with E-state index in [2.05, 4.69) is 15.9 Å². The van der Waals surface area contributed by atoms with Gasteiger partial charge in [-0.05, 0) is 11.6 Å². The molecule has 0 radical (unpaired) electrons. The number of carboxylic acids is 1. The Hall–Kier alpha value is -0.900. The number of hydrogen-bond donors (Lipinski definition) is 1. The second-order valence-electron chi connectivity index (χ2n) is 2.57. The molecule has 1 unspecified atom stereocenters. The van der Waals surface area contributed by atoms with Crippen LogP contribution in [0.1, 0.15) is 11.5 Å². The number of alkyl halides is 1. The van der Waals surface area contributed by atoms with E-state index in [9.17, 15) is 9.18 Å². The van der Waals surface area contributed by atoms with E-state index in [4.69, 9.17) is 5.11 Å². The molecule has 2 nitrogen and oxygen atoms in total. The van der Waals surface area contributed by atoms with Crippen LogP contribution >= 0.6 is 15.9 Å². The fraction of sp³-hybridized carbons (Fsp3) is 0.222. The fourth-order valence-corrected chi connectivity index (χ4v) is 1.60. The molecule has 13 heavy (non-hydrogen) atoms. The Labute approximate surface area is 83.5 Å². The van der Waals surface area contributed by atoms with Gasteiger partial charge in [0.25, 0.3) is 0 Å². The summed E-state index contributed by atoms with van der Waals surface area (Å²) in [7, 11) is 0. The van der Waals surface area contributed by atoms with Crippen LogP contribution in [-0.4, -0.2) is 17.8 Å². The molecule has 0 bridgehead atoms. The Balaban J connectivity index is 3.04. The molecule has 0 amide bonds. The molecule has 70 valence electrons. The molecule has 1 rings (SSSR count). The molecular weight excluding hydrogens is 239 g/mol. The van der Waals surface area contributed by atoms with Crippen LogP contribution in [0.15, 0.2) is 28.7 Å². The molecular formula is C9H8BrFO2. The first-order chi connectivity index (χ1) is 6.16. The van der Waals surface area contributed by atoms with E-state index >= 15 is 0 Å². The average Bonchev–Trinajstić information content (AvgIpc) is 2.09. The lowest BCUT2D eigenvalue weighted by Crippen LogP contribution is -2.13. The maximum atomic E-state index is 12.4. The lowest BCUT2D eigenvalue weighted by molar-refractivity contribution is -0.139. The van der Waals surface area contributed by atoms with Gasteiger partial charge in [0, 0.05) is 4.47 Å². The van der Waals surface area contributed by atoms with Crippen molar-refractivity contribution in [2.24, 2.45) is 0 Å². The topological polar surface area (TPSA) is 37.3 Å². The second kappa shape index (κ2) is 4.37. The van der Waals surface area contributed by atoms with Crippen LogP contribution in [0.2, 0.25) is 0 Å². The number of aliphatic carboxylic acids is 1. The van der Waals surface area contributed by atoms with Gasteiger partial charge in [0.15, 0.2) is 0 Å². The quantitative estimate of drug-likeness (QED) is 0.891. The minimum atomic E-state index is -1.14. The van der Waals surface area contributed by atoms with Gasteiger partial charge in [0.2, 0.25) is 0 Å². The van der Waals surface area contributed by atoms with Gasteiger partial charge in [-0.25, -0.2) is 4.39 Å². The monoisotopic (exact) mass is 246 g/mol. The summed E-state index contributed by atoms with van der Waals surface area (Å²) < 4.78 is 13.0. The highest BCUT2D eigenvalue weighted by atomic mass is 79.9. The molecule has 0 aliphatic heterocycles. The van der Waals surface area contributed by atoms with E-state index in [1.165, 1.54) is 0 Å². The predicted octanol–water partition coefficient (Wildman–Crippen LogP) is 2.59. The second-order valence-corrected chi connectivity index (χ2v) is 3.42. The van der Waals surface area contributed by atoms with Gasteiger partial charge < -0.3 is 5.11 Å². The Morgan fingerprint density at radius 2 is 2.15 bits per heavy atom. The van der Waals surface area contributed by atoms with Gasteiger partial charge in [0.1, 0.15) is 12.6 Å². The van der Waals surface area contributed by atoms with Crippen molar-refractivity contribution in [3.05, 3.63) is 34.3 Å². The highest BCUT2D eigenvalue weighted by Crippen LogP contribution is 2.25. The third-order valence-electron chi connectivity index (χ3n) is 1.73. The zero-order chi connectivity index (χ0) is 9.84. The first kappa shape index (κ1) is 10.2. The van der Waals surface area contributed by atoms with E-state index < -0.39 is 18.6 Å². The summed E-state index contributed by atoms with van der Waals surface area (Å²) >= 11 is 3.18. The van der Waals surface area contributed by atoms with Crippen molar-refractivity contribution in [1.29, 1.82) is 0 Å². The van der Waals surface area contributed by atoms with Crippen molar-refractivity contribution in [3.63, 3.8) is 0 Å². The van der Waals surface area contributed by atoms with Crippen molar-refractivity contribution < 1.29 is 14.3 Å². The molecule has 0 saturated carbocycles. The average molecular weight is 247 g/mol. The molecule has 0 fully saturated rings. The Morgan fingerprint density at radius 3 is 2.62 bits per heavy atom. The molecule has 1 N–H and O–H groups in total. The highest BCUT2D eigenvalue weighted by Gasteiger charge is 2.21. The molecule has 0 aromatic heterocycles. The van der Waals surface area contributed by atoms with Gasteiger partial charge in [-0.15, -0.1) is 0 Å². The Kier molecular flexibility index (Phi) is 3.42. The summed E-state index contributed by atoms with van der Waals surface area (Å²) in [4.78, 5) is 10.6. The van der Waals surface area contributed by atoms with E-state index in [0.29, 0.717) is 10.0 Å². The fourth-order valence-electron chi connectivity index (χ4n) is 1.04. The molecule has 0 saturated heterocycles. The van der Waals surface area contributed by atoms with Crippen molar-refractivity contribution in [3.8, 4) is 0 Å². The first-order valence-corrected chi connectivity index (χ1v) is 4.49. The SMILES string of the molecule is O=C(O)C(CF)c1ccccc1Br. The van der Waals surface area contributed by atoms with E-state index in [-0.39, 0.29) is 0 Å². The number of rotatable bonds is 3. The highest BCUT2D eigenvalue weighted by molar-refractivity contribution is 9.10. The van der Waals surface area contributed by atoms with Crippen LogP contribution in [-0.2, 0) is 4.79 Å². The number of hydrogen-bond acceptors (Lipinski definition) is 1. The number of benzene rings is 1. The molecule has 0 aliphatic carbocycles. The number of halogens is 2. The summed E-state index contributed by atoms with van der Waals surface area (Å²) in [5.41, 5.74) is 0.470. The normalized spacial score (nSPS) is 12.5. The molecule has 4 heteroatoms. The molecule has 1 aromatic carbocycles. The van der Waals surface area contributed by atoms with Crippen molar-refractivity contribution in [2.45, 2.75) is 5.92 Å². The smallest absolute Gasteiger partial charge is 0.313 e. The lowest BCUT2D eigenvalue weighted by atomic mass is 10.0. The minimum absolute atomic E-state index is 0.470. The molecule has 0 heterocycles. The summed E-state index contributed by atoms with van der Waals surface area (Å²) in [5.74, 6) is -2.22. The van der Waals surface area contributed by atoms with Crippen LogP contribution in [0.25, 0.3) is 0 Å². The largest absolute Gasteiger partial charge is 0.481 e. The molecule has 0 aliphatic rings. The zero-order valence-corrected chi connectivity index (χ0v) is 8.29. The summed E-state index contributed by atoms with van der Waals surface area (Å²) in [6.45, 7) is -0.891. The van der Waals surface area contributed by atoms with Crippen molar-refractivity contribution >= 4 is 21.9 Å². The van der Waals surface area contributed by atoms with Crippen LogP contribution in [0, 0.1) is 0 Å². The maximum absolute atomic E-state index is 12.4. The molecule has 1 atom stereocenters. The van der Waals surface area contributed by atoms with Gasteiger partial charge in [-0.1, -0.05) is 34.1 Å². The van der Waals surface area contributed by atoms with Gasteiger partial charge >= 0.3 is 5.97 Å². The van der Waals surface area contributed by atoms with Crippen LogP contribution in [0.3, 0.4) is 0 Å². The maximum Gasteiger partial charge on any atom is 0.313 e. The van der Waals surface area contributed by atoms with Crippen molar-refractivity contribution in [1.82, 2.24) is 0 Å². The van der Waals surface area contributed by atoms with Crippen molar-refractivity contribution in [2.75, 3.05) is 6.67 Å². The predicted molar refractivity (Wildman–Crippen MR) is 50.5 cm³/mol. The van der Waals surface area contributed by atoms with E-state index in [1.54, 1.807) is 24.3 Å². The number of carboxylic acid groups (broad SMARTS) is 1. The lowest BCUT2D eigenvalue weighted by Gasteiger charge is -2.09. The van der Waals surface area contributed by atoms with Gasteiger partial charge in [-0.3, -0.25) is 4.79 Å². The van der Waals surface area contributed by atoms with Crippen LogP contribution < -0.4 is 0 Å². The summed E-state index contributed by atoms with van der Waals surface area (Å²) in [5, 5.41) is 8.69.